The van der Waals surface area contributed by atoms with Crippen molar-refractivity contribution >= 4 is 17.7 Å². The number of carbonyl (C=O) groups is 2. The van der Waals surface area contributed by atoms with Crippen LogP contribution in [0.4, 0.5) is 10.5 Å². The van der Waals surface area contributed by atoms with Crippen molar-refractivity contribution in [1.29, 1.82) is 0 Å². The molecular formula is C21H24N2O5. The predicted molar refractivity (Wildman–Crippen MR) is 105 cm³/mol. The smallest absolute Gasteiger partial charge is 0.412 e. The van der Waals surface area contributed by atoms with Gasteiger partial charge in [0.25, 0.3) is 5.91 Å². The average Bonchev–Trinajstić information content (AvgIpc) is 2.70. The fourth-order valence-electron chi connectivity index (χ4n) is 2.70. The lowest BCUT2D eigenvalue weighted by molar-refractivity contribution is -0.124. The molecule has 0 saturated carbocycles. The van der Waals surface area contributed by atoms with Crippen LogP contribution in [0, 0.1) is 5.92 Å². The van der Waals surface area contributed by atoms with Crippen molar-refractivity contribution in [2.75, 3.05) is 5.32 Å². The summed E-state index contributed by atoms with van der Waals surface area (Å²) >= 11 is 0. The third-order valence-electron chi connectivity index (χ3n) is 4.16. The molecule has 0 bridgehead atoms. The molecular weight excluding hydrogens is 360 g/mol. The number of hydroxylamine groups is 1. The number of para-hydroxylation sites is 1. The van der Waals surface area contributed by atoms with Gasteiger partial charge in [-0.15, -0.1) is 0 Å². The summed E-state index contributed by atoms with van der Waals surface area (Å²) in [6.45, 7) is 1.94. The summed E-state index contributed by atoms with van der Waals surface area (Å²) in [5.74, 6) is -0.532. The number of amides is 2. The Morgan fingerprint density at radius 2 is 1.79 bits per heavy atom. The van der Waals surface area contributed by atoms with Crippen molar-refractivity contribution in [3.63, 3.8) is 0 Å². The third-order valence-corrected chi connectivity index (χ3v) is 4.16. The minimum Gasteiger partial charge on any atom is -0.508 e. The van der Waals surface area contributed by atoms with Crippen LogP contribution in [-0.4, -0.2) is 22.3 Å². The van der Waals surface area contributed by atoms with Crippen LogP contribution in [0.1, 0.15) is 31.4 Å². The molecule has 0 aromatic heterocycles. The molecule has 0 aliphatic rings. The number of allylic oxidation sites excluding steroid dienone is 1. The van der Waals surface area contributed by atoms with E-state index < -0.39 is 18.1 Å². The summed E-state index contributed by atoms with van der Waals surface area (Å²) in [5, 5.41) is 20.7. The van der Waals surface area contributed by atoms with Crippen molar-refractivity contribution < 1.29 is 24.6 Å². The molecule has 0 aliphatic heterocycles. The Kier molecular flexibility index (Phi) is 8.05. The van der Waals surface area contributed by atoms with Gasteiger partial charge in [-0.25, -0.2) is 10.3 Å². The quantitative estimate of drug-likeness (QED) is 0.310. The first-order chi connectivity index (χ1) is 13.5. The van der Waals surface area contributed by atoms with E-state index in [2.05, 4.69) is 5.32 Å². The lowest BCUT2D eigenvalue weighted by atomic mass is 9.93. The zero-order valence-electron chi connectivity index (χ0n) is 15.5. The molecule has 2 atom stereocenters. The van der Waals surface area contributed by atoms with E-state index in [1.54, 1.807) is 42.5 Å². The number of phenols is 1. The van der Waals surface area contributed by atoms with Crippen LogP contribution >= 0.6 is 0 Å². The monoisotopic (exact) mass is 384 g/mol. The molecule has 0 fully saturated rings. The zero-order valence-corrected chi connectivity index (χ0v) is 15.5. The fraction of sp³-hybridized carbons (Fsp3) is 0.238. The van der Waals surface area contributed by atoms with E-state index >= 15 is 0 Å². The second kappa shape index (κ2) is 10.7. The van der Waals surface area contributed by atoms with Crippen LogP contribution in [-0.2, 0) is 9.53 Å². The number of benzene rings is 2. The number of ether oxygens (including phenoxy) is 1. The molecule has 2 aromatic carbocycles. The first-order valence-electron chi connectivity index (χ1n) is 8.92. The number of aromatic hydroxyl groups is 1. The Morgan fingerprint density at radius 3 is 2.43 bits per heavy atom. The predicted octanol–water partition coefficient (Wildman–Crippen LogP) is 4.16. The van der Waals surface area contributed by atoms with Gasteiger partial charge in [-0.1, -0.05) is 43.3 Å². The minimum atomic E-state index is -0.596. The van der Waals surface area contributed by atoms with Crippen LogP contribution in [0.25, 0.3) is 0 Å². The highest BCUT2D eigenvalue weighted by atomic mass is 16.6. The first kappa shape index (κ1) is 21.0. The number of hydrogen-bond donors (Lipinski definition) is 4. The average molecular weight is 384 g/mol. The fourth-order valence-corrected chi connectivity index (χ4v) is 2.70. The third kappa shape index (κ3) is 6.77. The van der Waals surface area contributed by atoms with E-state index in [0.29, 0.717) is 18.5 Å². The van der Waals surface area contributed by atoms with Crippen LogP contribution in [0.15, 0.2) is 66.7 Å². The zero-order chi connectivity index (χ0) is 20.4. The number of rotatable bonds is 8. The minimum absolute atomic E-state index is 0.0621. The summed E-state index contributed by atoms with van der Waals surface area (Å²) in [5.41, 5.74) is 2.91. The number of anilines is 1. The standard InChI is InChI=1S/C21H24N2O5/c1-15(7-5-6-10-19(25)23-27)20(16-11-13-18(24)14-12-16)28-21(26)22-17-8-3-2-4-9-17/h2-4,6,8-15,20,24,27H,5,7H2,1H3,(H,22,26)(H,23,25)/b10-6+/t15-,20-/m1/s1. The summed E-state index contributed by atoms with van der Waals surface area (Å²) in [4.78, 5) is 23.4. The van der Waals surface area contributed by atoms with Gasteiger partial charge in [0.05, 0.1) is 0 Å². The normalized spacial score (nSPS) is 12.9. The largest absolute Gasteiger partial charge is 0.508 e. The summed E-state index contributed by atoms with van der Waals surface area (Å²) in [6.07, 6.45) is 2.97. The van der Waals surface area contributed by atoms with Crippen LogP contribution in [0.2, 0.25) is 0 Å². The molecule has 0 spiro atoms. The van der Waals surface area contributed by atoms with Crippen molar-refractivity contribution in [3.8, 4) is 5.75 Å². The molecule has 28 heavy (non-hydrogen) atoms. The van der Waals surface area contributed by atoms with E-state index in [1.165, 1.54) is 11.6 Å². The summed E-state index contributed by atoms with van der Waals surface area (Å²) < 4.78 is 5.67. The number of hydrogen-bond acceptors (Lipinski definition) is 5. The van der Waals surface area contributed by atoms with Gasteiger partial charge < -0.3 is 9.84 Å². The number of phenolic OH excluding ortho intramolecular Hbond substituents is 1. The second-order valence-corrected chi connectivity index (χ2v) is 6.34. The van der Waals surface area contributed by atoms with E-state index in [4.69, 9.17) is 9.94 Å². The van der Waals surface area contributed by atoms with Gasteiger partial charge in [0.2, 0.25) is 0 Å². The maximum Gasteiger partial charge on any atom is 0.412 e. The molecule has 2 amide bonds. The van der Waals surface area contributed by atoms with Gasteiger partial charge in [-0.2, -0.15) is 0 Å². The lowest BCUT2D eigenvalue weighted by Gasteiger charge is -2.24. The van der Waals surface area contributed by atoms with Gasteiger partial charge in [0.1, 0.15) is 11.9 Å². The van der Waals surface area contributed by atoms with Gasteiger partial charge in [-0.05, 0) is 48.6 Å². The maximum atomic E-state index is 12.3. The Morgan fingerprint density at radius 1 is 1.11 bits per heavy atom. The molecule has 7 nitrogen and oxygen atoms in total. The molecule has 2 aromatic rings. The molecule has 7 heteroatoms. The molecule has 0 saturated heterocycles. The van der Waals surface area contributed by atoms with Crippen LogP contribution in [0.3, 0.4) is 0 Å². The molecule has 0 unspecified atom stereocenters. The Labute approximate surface area is 163 Å². The van der Waals surface area contributed by atoms with Crippen LogP contribution in [0.5, 0.6) is 5.75 Å². The highest BCUT2D eigenvalue weighted by Gasteiger charge is 2.23. The number of carbonyl (C=O) groups excluding carboxylic acids is 2. The topological polar surface area (TPSA) is 108 Å². The van der Waals surface area contributed by atoms with Crippen molar-refractivity contribution in [3.05, 3.63) is 72.3 Å². The molecule has 0 aliphatic carbocycles. The molecule has 2 rings (SSSR count). The summed E-state index contributed by atoms with van der Waals surface area (Å²) in [7, 11) is 0. The molecule has 0 radical (unpaired) electrons. The van der Waals surface area contributed by atoms with Crippen molar-refractivity contribution in [2.24, 2.45) is 5.92 Å². The maximum absolute atomic E-state index is 12.3. The van der Waals surface area contributed by atoms with Gasteiger partial charge in [0.15, 0.2) is 0 Å². The van der Waals surface area contributed by atoms with E-state index in [1.807, 2.05) is 25.1 Å². The SMILES string of the molecule is C[C@H](CC/C=C/C(=O)NO)[C@@H](OC(=O)Nc1ccccc1)c1ccc(O)cc1. The first-order valence-corrected chi connectivity index (χ1v) is 8.92. The highest BCUT2D eigenvalue weighted by molar-refractivity contribution is 5.86. The highest BCUT2D eigenvalue weighted by Crippen LogP contribution is 2.31. The van der Waals surface area contributed by atoms with E-state index in [9.17, 15) is 14.7 Å². The van der Waals surface area contributed by atoms with Gasteiger partial charge in [-0.3, -0.25) is 15.3 Å². The number of nitrogens with one attached hydrogen (secondary N) is 2. The van der Waals surface area contributed by atoms with Crippen molar-refractivity contribution in [1.82, 2.24) is 5.48 Å². The Balaban J connectivity index is 2.05. The lowest BCUT2D eigenvalue weighted by Crippen LogP contribution is -2.22. The van der Waals surface area contributed by atoms with E-state index in [-0.39, 0.29) is 11.7 Å². The molecule has 148 valence electrons. The Bertz CT molecular complexity index is 790. The molecule has 0 heterocycles. The van der Waals surface area contributed by atoms with Crippen molar-refractivity contribution in [2.45, 2.75) is 25.9 Å². The Hall–Kier alpha value is -3.32. The van der Waals surface area contributed by atoms with Gasteiger partial charge >= 0.3 is 6.09 Å². The van der Waals surface area contributed by atoms with E-state index in [0.717, 1.165) is 5.56 Å². The molecule has 4 N–H and O–H groups in total. The summed E-state index contributed by atoms with van der Waals surface area (Å²) in [6, 6.07) is 15.5. The van der Waals surface area contributed by atoms with Gasteiger partial charge in [0, 0.05) is 11.8 Å². The van der Waals surface area contributed by atoms with Crippen LogP contribution < -0.4 is 10.8 Å². The second-order valence-electron chi connectivity index (χ2n) is 6.34.